The summed E-state index contributed by atoms with van der Waals surface area (Å²) >= 11 is 8.25. The number of phenols is 1. The third-order valence-electron chi connectivity index (χ3n) is 4.15. The third-order valence-corrected chi connectivity index (χ3v) is 6.06. The molecule has 0 bridgehead atoms. The van der Waals surface area contributed by atoms with Crippen molar-refractivity contribution in [2.45, 2.75) is 6.42 Å². The van der Waals surface area contributed by atoms with Crippen molar-refractivity contribution in [1.29, 1.82) is 0 Å². The molecule has 0 radical (unpaired) electrons. The number of aromatic hydroxyl groups is 1. The van der Waals surface area contributed by atoms with Crippen molar-refractivity contribution in [3.05, 3.63) is 74.2 Å². The van der Waals surface area contributed by atoms with E-state index in [-0.39, 0.29) is 18.1 Å². The summed E-state index contributed by atoms with van der Waals surface area (Å²) in [5.74, 6) is -0.168. The first-order valence-corrected chi connectivity index (χ1v) is 11.0. The molecule has 0 atom stereocenters. The molecule has 29 heavy (non-hydrogen) atoms. The second-order valence-corrected chi connectivity index (χ2v) is 8.85. The molecule has 0 aliphatic rings. The number of thiazole rings is 1. The highest BCUT2D eigenvalue weighted by molar-refractivity contribution is 9.10. The molecule has 0 fully saturated rings. The number of imidazole rings is 1. The molecule has 0 saturated carbocycles. The van der Waals surface area contributed by atoms with Gasteiger partial charge < -0.3 is 5.11 Å². The molecule has 0 aliphatic carbocycles. The van der Waals surface area contributed by atoms with Crippen LogP contribution in [0, 0.1) is 0 Å². The lowest BCUT2D eigenvalue weighted by Gasteiger charge is -2.01. The van der Waals surface area contributed by atoms with Gasteiger partial charge in [0.05, 0.1) is 18.3 Å². The van der Waals surface area contributed by atoms with Crippen LogP contribution in [0.25, 0.3) is 16.2 Å². The topological polar surface area (TPSA) is 79.0 Å². The summed E-state index contributed by atoms with van der Waals surface area (Å²) < 4.78 is 3.74. The van der Waals surface area contributed by atoms with Crippen LogP contribution < -0.4 is 5.43 Å². The van der Waals surface area contributed by atoms with E-state index in [9.17, 15) is 9.90 Å². The second-order valence-electron chi connectivity index (χ2n) is 6.19. The zero-order valence-corrected chi connectivity index (χ0v) is 18.8. The van der Waals surface area contributed by atoms with E-state index in [1.54, 1.807) is 18.2 Å². The predicted octanol–water partition coefficient (Wildman–Crippen LogP) is 4.99. The van der Waals surface area contributed by atoms with Crippen molar-refractivity contribution in [3.63, 3.8) is 0 Å². The van der Waals surface area contributed by atoms with Crippen LogP contribution in [0.2, 0.25) is 0 Å². The van der Waals surface area contributed by atoms with Crippen LogP contribution in [-0.2, 0) is 11.2 Å². The smallest absolute Gasteiger partial charge is 0.246 e. The number of hydrogen-bond donors (Lipinski definition) is 2. The zero-order valence-electron chi connectivity index (χ0n) is 14.8. The van der Waals surface area contributed by atoms with E-state index in [2.05, 4.69) is 47.4 Å². The minimum Gasteiger partial charge on any atom is -0.507 e. The van der Waals surface area contributed by atoms with Gasteiger partial charge in [0.25, 0.3) is 0 Å². The van der Waals surface area contributed by atoms with Gasteiger partial charge in [-0.2, -0.15) is 5.10 Å². The summed E-state index contributed by atoms with van der Waals surface area (Å²) in [5.41, 5.74) is 5.70. The molecule has 0 aliphatic heterocycles. The Labute approximate surface area is 187 Å². The Morgan fingerprint density at radius 2 is 1.97 bits per heavy atom. The van der Waals surface area contributed by atoms with Gasteiger partial charge in [-0.15, -0.1) is 11.3 Å². The molecule has 0 unspecified atom stereocenters. The zero-order chi connectivity index (χ0) is 20.4. The van der Waals surface area contributed by atoms with E-state index in [0.29, 0.717) is 5.56 Å². The first-order chi connectivity index (χ1) is 14.0. The van der Waals surface area contributed by atoms with Gasteiger partial charge in [-0.3, -0.25) is 9.20 Å². The minimum atomic E-state index is -0.255. The average Bonchev–Trinajstić information content (AvgIpc) is 3.27. The predicted molar refractivity (Wildman–Crippen MR) is 121 cm³/mol. The normalized spacial score (nSPS) is 11.4. The Morgan fingerprint density at radius 3 is 2.76 bits per heavy atom. The van der Waals surface area contributed by atoms with Crippen LogP contribution in [-0.4, -0.2) is 26.6 Å². The first kappa shape index (κ1) is 19.8. The monoisotopic (exact) mass is 532 g/mol. The maximum absolute atomic E-state index is 12.3. The average molecular weight is 534 g/mol. The van der Waals surface area contributed by atoms with E-state index < -0.39 is 0 Å². The van der Waals surface area contributed by atoms with Crippen molar-refractivity contribution in [1.82, 2.24) is 14.8 Å². The lowest BCUT2D eigenvalue weighted by atomic mass is 10.2. The van der Waals surface area contributed by atoms with Gasteiger partial charge in [-0.25, -0.2) is 10.4 Å². The lowest BCUT2D eigenvalue weighted by molar-refractivity contribution is -0.120. The van der Waals surface area contributed by atoms with Gasteiger partial charge in [0.1, 0.15) is 5.75 Å². The molecule has 0 spiro atoms. The molecule has 2 N–H and O–H groups in total. The number of carbonyl (C=O) groups excluding carboxylic acids is 1. The summed E-state index contributed by atoms with van der Waals surface area (Å²) in [4.78, 5) is 17.7. The Morgan fingerprint density at radius 1 is 1.21 bits per heavy atom. The molecule has 9 heteroatoms. The molecule has 6 nitrogen and oxygen atoms in total. The van der Waals surface area contributed by atoms with E-state index in [0.717, 1.165) is 30.9 Å². The number of phenolic OH excluding ortho intramolecular Hbond substituents is 1. The van der Waals surface area contributed by atoms with E-state index in [1.807, 2.05) is 40.2 Å². The fourth-order valence-corrected chi connectivity index (χ4v) is 4.24. The summed E-state index contributed by atoms with van der Waals surface area (Å²) in [5, 5.41) is 15.6. The number of hydrogen-bond acceptors (Lipinski definition) is 5. The molecule has 2 aromatic heterocycles. The number of nitrogens with one attached hydrogen (secondary N) is 1. The van der Waals surface area contributed by atoms with Crippen molar-refractivity contribution in [2.75, 3.05) is 0 Å². The Bertz CT molecular complexity index is 1220. The number of aromatic nitrogens is 2. The van der Waals surface area contributed by atoms with Crippen molar-refractivity contribution in [3.8, 4) is 17.0 Å². The molecule has 4 aromatic rings. The highest BCUT2D eigenvalue weighted by Gasteiger charge is 2.12. The number of halogens is 2. The largest absolute Gasteiger partial charge is 0.507 e. The number of hydrazone groups is 1. The molecular formula is C20H14Br2N4O2S. The van der Waals surface area contributed by atoms with Crippen molar-refractivity contribution < 1.29 is 9.90 Å². The highest BCUT2D eigenvalue weighted by Crippen LogP contribution is 2.25. The van der Waals surface area contributed by atoms with Crippen LogP contribution in [0.15, 0.2) is 68.1 Å². The maximum atomic E-state index is 12.3. The molecule has 2 heterocycles. The number of amides is 1. The number of rotatable bonds is 5. The van der Waals surface area contributed by atoms with E-state index >= 15 is 0 Å². The Kier molecular flexibility index (Phi) is 5.79. The van der Waals surface area contributed by atoms with E-state index in [4.69, 9.17) is 0 Å². The van der Waals surface area contributed by atoms with Gasteiger partial charge in [0, 0.05) is 37.3 Å². The molecule has 0 saturated heterocycles. The molecule has 2 aromatic carbocycles. The van der Waals surface area contributed by atoms with Crippen LogP contribution in [0.5, 0.6) is 5.75 Å². The van der Waals surface area contributed by atoms with Gasteiger partial charge in [0.15, 0.2) is 4.96 Å². The fraction of sp³-hybridized carbons (Fsp3) is 0.0500. The van der Waals surface area contributed by atoms with Gasteiger partial charge in [-0.1, -0.05) is 44.0 Å². The van der Waals surface area contributed by atoms with Crippen LogP contribution in [0.3, 0.4) is 0 Å². The number of benzene rings is 2. The van der Waals surface area contributed by atoms with Crippen molar-refractivity contribution in [2.24, 2.45) is 5.10 Å². The quantitative estimate of drug-likeness (QED) is 0.280. The number of fused-ring (bicyclic) bond motifs is 1. The molecule has 4 rings (SSSR count). The molecule has 1 amide bonds. The van der Waals surface area contributed by atoms with E-state index in [1.165, 1.54) is 17.6 Å². The summed E-state index contributed by atoms with van der Waals surface area (Å²) in [7, 11) is 0. The fourth-order valence-electron chi connectivity index (χ4n) is 2.72. The number of carbonyl (C=O) groups is 1. The third kappa shape index (κ3) is 4.58. The Balaban J connectivity index is 1.46. The van der Waals surface area contributed by atoms with Crippen molar-refractivity contribution >= 4 is 60.3 Å². The van der Waals surface area contributed by atoms with Gasteiger partial charge >= 0.3 is 0 Å². The van der Waals surface area contributed by atoms with Crippen LogP contribution >= 0.6 is 43.2 Å². The van der Waals surface area contributed by atoms with Gasteiger partial charge in [0.2, 0.25) is 5.91 Å². The summed E-state index contributed by atoms with van der Waals surface area (Å²) in [6.45, 7) is 0. The SMILES string of the molecule is O=C(Cc1csc2nc(-c3ccc(Br)cc3)cn12)N/N=C/c1cc(Br)ccc1O. The Hall–Kier alpha value is -2.49. The summed E-state index contributed by atoms with van der Waals surface area (Å²) in [6.07, 6.45) is 3.50. The maximum Gasteiger partial charge on any atom is 0.246 e. The molecule has 146 valence electrons. The standard InChI is InChI=1S/C20H14Br2N4O2S/c21-14-3-1-12(2-4-14)17-10-26-16(11-29-20(26)24-17)8-19(28)25-23-9-13-7-15(22)5-6-18(13)27/h1-7,9-11,27H,8H2,(H,25,28)/b23-9+. The minimum absolute atomic E-state index is 0.0876. The molecular weight excluding hydrogens is 520 g/mol. The van der Waals surface area contributed by atoms with Gasteiger partial charge in [-0.05, 0) is 30.3 Å². The number of nitrogens with zero attached hydrogens (tertiary/aromatic N) is 3. The second kappa shape index (κ2) is 8.48. The first-order valence-electron chi connectivity index (χ1n) is 8.51. The lowest BCUT2D eigenvalue weighted by Crippen LogP contribution is -2.20. The van der Waals surface area contributed by atoms with Crippen LogP contribution in [0.4, 0.5) is 0 Å². The summed E-state index contributed by atoms with van der Waals surface area (Å²) in [6, 6.07) is 12.9. The van der Waals surface area contributed by atoms with Crippen LogP contribution in [0.1, 0.15) is 11.3 Å². The highest BCUT2D eigenvalue weighted by atomic mass is 79.9.